The van der Waals surface area contributed by atoms with E-state index in [-0.39, 0.29) is 12.6 Å². The van der Waals surface area contributed by atoms with Crippen molar-refractivity contribution in [3.63, 3.8) is 0 Å². The number of carbonyl (C=O) groups is 2. The predicted octanol–water partition coefficient (Wildman–Crippen LogP) is 3.48. The van der Waals surface area contributed by atoms with Gasteiger partial charge in [0.05, 0.1) is 19.1 Å². The average Bonchev–Trinajstić information content (AvgIpc) is 3.35. The molecule has 0 spiro atoms. The Bertz CT molecular complexity index is 893. The van der Waals surface area contributed by atoms with Gasteiger partial charge in [-0.2, -0.15) is 5.10 Å². The topological polar surface area (TPSA) is 81.3 Å². The number of benzene rings is 1. The Morgan fingerprint density at radius 1 is 1.25 bits per heavy atom. The van der Waals surface area contributed by atoms with Crippen molar-refractivity contribution in [2.75, 3.05) is 13.7 Å². The maximum atomic E-state index is 12.7. The van der Waals surface area contributed by atoms with Gasteiger partial charge in [0.2, 0.25) is 0 Å². The molecule has 3 rings (SSSR count). The van der Waals surface area contributed by atoms with Crippen molar-refractivity contribution in [3.05, 3.63) is 65.6 Å². The Kier molecular flexibility index (Phi) is 5.93. The van der Waals surface area contributed by atoms with Crippen molar-refractivity contribution < 1.29 is 23.5 Å². The van der Waals surface area contributed by atoms with Crippen LogP contribution in [0, 0.1) is 0 Å². The largest absolute Gasteiger partial charge is 0.497 e. The number of hydrogen-bond donors (Lipinski definition) is 0. The lowest BCUT2D eigenvalue weighted by Gasteiger charge is -2.19. The maximum absolute atomic E-state index is 12.7. The Hall–Kier alpha value is -3.35. The summed E-state index contributed by atoms with van der Waals surface area (Å²) >= 11 is 0. The summed E-state index contributed by atoms with van der Waals surface area (Å²) in [6.07, 6.45) is 3.39. The molecule has 0 bridgehead atoms. The van der Waals surface area contributed by atoms with Crippen LogP contribution in [0.25, 0.3) is 0 Å². The standard InChI is InChI=1S/C21H22N2O5/c1-14(2)11-21(25)28-13-20(24)23-18(19-5-4-10-27-19)12-17(22-23)15-6-8-16(26-3)9-7-15/h4-11,18H,12-13H2,1-3H3/t18-/m0/s1. The number of nitrogens with zero attached hydrogens (tertiary/aromatic N) is 2. The number of methoxy groups -OCH3 is 1. The summed E-state index contributed by atoms with van der Waals surface area (Å²) in [7, 11) is 1.60. The summed E-state index contributed by atoms with van der Waals surface area (Å²) in [6, 6.07) is 10.6. The summed E-state index contributed by atoms with van der Waals surface area (Å²) in [5.74, 6) is 0.391. The van der Waals surface area contributed by atoms with Crippen molar-refractivity contribution in [3.8, 4) is 5.75 Å². The molecule has 28 heavy (non-hydrogen) atoms. The SMILES string of the molecule is COc1ccc(C2=NN(C(=O)COC(=O)C=C(C)C)[C@H](c3ccco3)C2)cc1. The second-order valence-corrected chi connectivity index (χ2v) is 6.58. The van der Waals surface area contributed by atoms with Crippen LogP contribution in [-0.4, -0.2) is 36.3 Å². The highest BCUT2D eigenvalue weighted by Crippen LogP contribution is 2.33. The smallest absolute Gasteiger partial charge is 0.331 e. The third-order valence-corrected chi connectivity index (χ3v) is 4.21. The monoisotopic (exact) mass is 382 g/mol. The minimum Gasteiger partial charge on any atom is -0.497 e. The summed E-state index contributed by atoms with van der Waals surface area (Å²) in [6.45, 7) is 3.17. The fourth-order valence-corrected chi connectivity index (χ4v) is 2.88. The first-order valence-electron chi connectivity index (χ1n) is 8.87. The number of ether oxygens (including phenoxy) is 2. The number of esters is 1. The van der Waals surface area contributed by atoms with Gasteiger partial charge in [-0.1, -0.05) is 5.57 Å². The average molecular weight is 382 g/mol. The van der Waals surface area contributed by atoms with Crippen molar-refractivity contribution in [2.45, 2.75) is 26.3 Å². The van der Waals surface area contributed by atoms with Gasteiger partial charge in [-0.15, -0.1) is 0 Å². The second kappa shape index (κ2) is 8.56. The molecule has 2 heterocycles. The quantitative estimate of drug-likeness (QED) is 0.564. The van der Waals surface area contributed by atoms with E-state index in [4.69, 9.17) is 13.9 Å². The van der Waals surface area contributed by atoms with Crippen LogP contribution < -0.4 is 4.74 Å². The molecule has 0 N–H and O–H groups in total. The molecular weight excluding hydrogens is 360 g/mol. The number of hydrogen-bond acceptors (Lipinski definition) is 6. The van der Waals surface area contributed by atoms with E-state index in [9.17, 15) is 9.59 Å². The molecule has 2 aromatic rings. The summed E-state index contributed by atoms with van der Waals surface area (Å²) in [5, 5.41) is 5.81. The number of rotatable bonds is 6. The van der Waals surface area contributed by atoms with Crippen molar-refractivity contribution in [1.29, 1.82) is 0 Å². The minimum atomic E-state index is -0.554. The molecule has 1 aromatic heterocycles. The number of allylic oxidation sites excluding steroid dienone is 1. The third-order valence-electron chi connectivity index (χ3n) is 4.21. The van der Waals surface area contributed by atoms with Crippen LogP contribution in [0.15, 0.2) is 63.8 Å². The highest BCUT2D eigenvalue weighted by Gasteiger charge is 2.35. The van der Waals surface area contributed by atoms with Crippen LogP contribution >= 0.6 is 0 Å². The first kappa shape index (κ1) is 19.4. The Morgan fingerprint density at radius 3 is 2.61 bits per heavy atom. The van der Waals surface area contributed by atoms with E-state index < -0.39 is 11.9 Å². The molecule has 146 valence electrons. The molecule has 1 aliphatic heterocycles. The van der Waals surface area contributed by atoms with Gasteiger partial charge in [0.25, 0.3) is 5.91 Å². The molecule has 0 saturated heterocycles. The van der Waals surface area contributed by atoms with Gasteiger partial charge >= 0.3 is 5.97 Å². The van der Waals surface area contributed by atoms with Crippen LogP contribution in [0.3, 0.4) is 0 Å². The highest BCUT2D eigenvalue weighted by molar-refractivity contribution is 6.03. The minimum absolute atomic E-state index is 0.387. The molecule has 0 aliphatic carbocycles. The first-order chi connectivity index (χ1) is 13.5. The van der Waals surface area contributed by atoms with Gasteiger partial charge in [0, 0.05) is 12.5 Å². The van der Waals surface area contributed by atoms with E-state index in [1.54, 1.807) is 39.4 Å². The summed E-state index contributed by atoms with van der Waals surface area (Å²) in [4.78, 5) is 24.4. The molecule has 0 radical (unpaired) electrons. The fraction of sp³-hybridized carbons (Fsp3) is 0.286. The van der Waals surface area contributed by atoms with Gasteiger partial charge in [0.15, 0.2) is 6.61 Å². The molecule has 7 nitrogen and oxygen atoms in total. The highest BCUT2D eigenvalue weighted by atomic mass is 16.5. The van der Waals surface area contributed by atoms with E-state index in [2.05, 4.69) is 5.10 Å². The zero-order valence-electron chi connectivity index (χ0n) is 16.0. The Morgan fingerprint density at radius 2 is 2.00 bits per heavy atom. The van der Waals surface area contributed by atoms with Gasteiger partial charge < -0.3 is 13.9 Å². The normalized spacial score (nSPS) is 15.8. The Balaban J connectivity index is 1.79. The lowest BCUT2D eigenvalue weighted by molar-refractivity contribution is -0.149. The van der Waals surface area contributed by atoms with Crippen molar-refractivity contribution in [1.82, 2.24) is 5.01 Å². The van der Waals surface area contributed by atoms with Crippen LogP contribution in [0.5, 0.6) is 5.75 Å². The van der Waals surface area contributed by atoms with Crippen LogP contribution in [0.2, 0.25) is 0 Å². The van der Waals surface area contributed by atoms with E-state index in [1.165, 1.54) is 11.1 Å². The lowest BCUT2D eigenvalue weighted by atomic mass is 10.0. The van der Waals surface area contributed by atoms with Crippen molar-refractivity contribution in [2.24, 2.45) is 5.10 Å². The zero-order chi connectivity index (χ0) is 20.1. The fourth-order valence-electron chi connectivity index (χ4n) is 2.88. The molecule has 1 aliphatic rings. The number of carbonyl (C=O) groups excluding carboxylic acids is 2. The lowest BCUT2D eigenvalue weighted by Crippen LogP contribution is -2.31. The zero-order valence-corrected chi connectivity index (χ0v) is 16.0. The summed E-state index contributed by atoms with van der Waals surface area (Å²) < 4.78 is 15.7. The van der Waals surface area contributed by atoms with E-state index >= 15 is 0 Å². The summed E-state index contributed by atoms with van der Waals surface area (Å²) in [5.41, 5.74) is 2.43. The first-order valence-corrected chi connectivity index (χ1v) is 8.87. The molecule has 0 unspecified atom stereocenters. The van der Waals surface area contributed by atoms with E-state index in [1.807, 2.05) is 24.3 Å². The van der Waals surface area contributed by atoms with Crippen LogP contribution in [-0.2, 0) is 14.3 Å². The van der Waals surface area contributed by atoms with Crippen LogP contribution in [0.1, 0.15) is 37.6 Å². The van der Waals surface area contributed by atoms with E-state index in [0.717, 1.165) is 22.6 Å². The van der Waals surface area contributed by atoms with Gasteiger partial charge in [-0.3, -0.25) is 4.79 Å². The maximum Gasteiger partial charge on any atom is 0.331 e. The number of furan rings is 1. The third kappa shape index (κ3) is 4.49. The van der Waals surface area contributed by atoms with Crippen LogP contribution in [0.4, 0.5) is 0 Å². The van der Waals surface area contributed by atoms with Crippen molar-refractivity contribution >= 4 is 17.6 Å². The molecule has 1 amide bonds. The van der Waals surface area contributed by atoms with Gasteiger partial charge in [0.1, 0.15) is 17.6 Å². The van der Waals surface area contributed by atoms with Gasteiger partial charge in [-0.25, -0.2) is 9.80 Å². The molecule has 1 atom stereocenters. The molecule has 7 heteroatoms. The number of hydrazone groups is 1. The predicted molar refractivity (Wildman–Crippen MR) is 103 cm³/mol. The van der Waals surface area contributed by atoms with Gasteiger partial charge in [-0.05, 0) is 55.8 Å². The molecular formula is C21H22N2O5. The molecule has 1 aromatic carbocycles. The molecule has 0 saturated carbocycles. The second-order valence-electron chi connectivity index (χ2n) is 6.58. The molecule has 0 fully saturated rings. The Labute approximate surface area is 163 Å². The van der Waals surface area contributed by atoms with E-state index in [0.29, 0.717) is 12.2 Å². The number of amides is 1.